The van der Waals surface area contributed by atoms with Gasteiger partial charge in [0.25, 0.3) is 0 Å². The Morgan fingerprint density at radius 3 is 2.83 bits per heavy atom. The molecule has 0 radical (unpaired) electrons. The Kier molecular flexibility index (Phi) is 3.12. The van der Waals surface area contributed by atoms with Crippen LogP contribution in [0.3, 0.4) is 0 Å². The molecule has 0 aromatic carbocycles. The molecule has 1 fully saturated rings. The maximum atomic E-state index is 11.0. The first-order chi connectivity index (χ1) is 5.77. The van der Waals surface area contributed by atoms with Crippen LogP contribution >= 0.6 is 0 Å². The molecule has 0 bridgehead atoms. The summed E-state index contributed by atoms with van der Waals surface area (Å²) < 4.78 is 0. The second-order valence-corrected chi connectivity index (χ2v) is 3.13. The molecule has 1 aliphatic rings. The van der Waals surface area contributed by atoms with Crippen molar-refractivity contribution < 1.29 is 4.79 Å². The van der Waals surface area contributed by atoms with Gasteiger partial charge in [-0.15, -0.1) is 6.42 Å². The lowest BCUT2D eigenvalue weighted by molar-refractivity contribution is -0.120. The molecular weight excluding hydrogens is 152 g/mol. The minimum atomic E-state index is -0.0835. The largest absolute Gasteiger partial charge is 0.351 e. The normalized spacial score (nSPS) is 18.0. The van der Waals surface area contributed by atoms with E-state index < -0.39 is 0 Å². The Labute approximate surface area is 72.7 Å². The minimum absolute atomic E-state index is 0.0835. The van der Waals surface area contributed by atoms with E-state index in [0.29, 0.717) is 12.5 Å². The number of terminal acetylenes is 1. The maximum Gasteiger partial charge on any atom is 0.232 e. The van der Waals surface area contributed by atoms with E-state index in [9.17, 15) is 4.79 Å². The zero-order valence-corrected chi connectivity index (χ0v) is 7.05. The lowest BCUT2D eigenvalue weighted by Crippen LogP contribution is -2.41. The van der Waals surface area contributed by atoms with Crippen LogP contribution in [0.15, 0.2) is 0 Å². The van der Waals surface area contributed by atoms with Gasteiger partial charge in [0.2, 0.25) is 5.91 Å². The minimum Gasteiger partial charge on any atom is -0.351 e. The van der Waals surface area contributed by atoms with Crippen LogP contribution in [0.25, 0.3) is 0 Å². The van der Waals surface area contributed by atoms with Gasteiger partial charge < -0.3 is 11.1 Å². The zero-order chi connectivity index (χ0) is 8.97. The lowest BCUT2D eigenvalue weighted by atomic mass is 10.2. The van der Waals surface area contributed by atoms with Crippen molar-refractivity contribution in [1.82, 2.24) is 5.32 Å². The van der Waals surface area contributed by atoms with Gasteiger partial charge in [-0.3, -0.25) is 4.79 Å². The van der Waals surface area contributed by atoms with Gasteiger partial charge in [-0.1, -0.05) is 5.92 Å². The summed E-state index contributed by atoms with van der Waals surface area (Å²) in [6, 6.07) is 0.144. The molecule has 0 aliphatic heterocycles. The number of nitrogens with one attached hydrogen (secondary N) is 1. The van der Waals surface area contributed by atoms with Crippen molar-refractivity contribution in [2.24, 2.45) is 11.7 Å². The Balaban J connectivity index is 2.27. The van der Waals surface area contributed by atoms with Crippen molar-refractivity contribution >= 4 is 5.91 Å². The summed E-state index contributed by atoms with van der Waals surface area (Å²) in [5, 5.41) is 2.82. The quantitative estimate of drug-likeness (QED) is 0.571. The van der Waals surface area contributed by atoms with Gasteiger partial charge in [-0.2, -0.15) is 0 Å². The van der Waals surface area contributed by atoms with E-state index in [1.54, 1.807) is 0 Å². The third kappa shape index (κ3) is 2.55. The monoisotopic (exact) mass is 166 g/mol. The van der Waals surface area contributed by atoms with Gasteiger partial charge in [-0.05, 0) is 18.8 Å². The highest BCUT2D eigenvalue weighted by atomic mass is 16.1. The Bertz CT molecular complexity index is 203. The van der Waals surface area contributed by atoms with Gasteiger partial charge >= 0.3 is 0 Å². The lowest BCUT2D eigenvalue weighted by Gasteiger charge is -2.14. The Hall–Kier alpha value is -1.01. The fourth-order valence-corrected chi connectivity index (χ4v) is 1.22. The van der Waals surface area contributed by atoms with Crippen molar-refractivity contribution in [3.05, 3.63) is 0 Å². The Morgan fingerprint density at radius 2 is 2.42 bits per heavy atom. The second-order valence-electron chi connectivity index (χ2n) is 3.13. The van der Waals surface area contributed by atoms with Gasteiger partial charge in [0.05, 0.1) is 6.42 Å². The molecule has 3 nitrogen and oxygen atoms in total. The molecule has 0 saturated heterocycles. The summed E-state index contributed by atoms with van der Waals surface area (Å²) in [5.74, 6) is 2.81. The Morgan fingerprint density at radius 1 is 1.75 bits per heavy atom. The van der Waals surface area contributed by atoms with E-state index in [1.165, 1.54) is 12.8 Å². The van der Waals surface area contributed by atoms with Crippen LogP contribution < -0.4 is 11.1 Å². The van der Waals surface area contributed by atoms with E-state index in [0.717, 1.165) is 0 Å². The first-order valence-corrected chi connectivity index (χ1v) is 4.20. The van der Waals surface area contributed by atoms with Crippen LogP contribution in [0.4, 0.5) is 0 Å². The third-order valence-electron chi connectivity index (χ3n) is 2.05. The number of amides is 1. The second kappa shape index (κ2) is 4.13. The molecule has 0 spiro atoms. The summed E-state index contributed by atoms with van der Waals surface area (Å²) in [4.78, 5) is 11.0. The van der Waals surface area contributed by atoms with Crippen molar-refractivity contribution in [2.45, 2.75) is 25.3 Å². The molecule has 3 N–H and O–H groups in total. The average molecular weight is 166 g/mol. The fraction of sp³-hybridized carbons (Fsp3) is 0.667. The van der Waals surface area contributed by atoms with Crippen LogP contribution in [-0.2, 0) is 4.79 Å². The van der Waals surface area contributed by atoms with Gasteiger partial charge in [0, 0.05) is 12.6 Å². The maximum absolute atomic E-state index is 11.0. The molecule has 0 aromatic heterocycles. The van der Waals surface area contributed by atoms with Crippen molar-refractivity contribution in [3.8, 4) is 12.3 Å². The van der Waals surface area contributed by atoms with Crippen molar-refractivity contribution in [2.75, 3.05) is 6.54 Å². The summed E-state index contributed by atoms with van der Waals surface area (Å²) in [7, 11) is 0. The molecular formula is C9H14N2O. The van der Waals surface area contributed by atoms with Crippen LogP contribution in [0, 0.1) is 18.3 Å². The summed E-state index contributed by atoms with van der Waals surface area (Å²) in [5.41, 5.74) is 5.49. The number of carbonyl (C=O) groups is 1. The summed E-state index contributed by atoms with van der Waals surface area (Å²) in [6.07, 6.45) is 7.51. The average Bonchev–Trinajstić information content (AvgIpc) is 2.83. The topological polar surface area (TPSA) is 55.1 Å². The number of rotatable bonds is 4. The molecule has 1 unspecified atom stereocenters. The van der Waals surface area contributed by atoms with Gasteiger partial charge in [0.1, 0.15) is 0 Å². The molecule has 1 saturated carbocycles. The van der Waals surface area contributed by atoms with Crippen molar-refractivity contribution in [1.29, 1.82) is 0 Å². The first-order valence-electron chi connectivity index (χ1n) is 4.20. The summed E-state index contributed by atoms with van der Waals surface area (Å²) >= 11 is 0. The smallest absolute Gasteiger partial charge is 0.232 e. The van der Waals surface area contributed by atoms with E-state index in [4.69, 9.17) is 12.2 Å². The number of nitrogens with two attached hydrogens (primary N) is 1. The van der Waals surface area contributed by atoms with Crippen LogP contribution in [0.5, 0.6) is 0 Å². The predicted octanol–water partition coefficient (Wildman–Crippen LogP) is -0.137. The molecule has 1 aliphatic carbocycles. The predicted molar refractivity (Wildman–Crippen MR) is 47.2 cm³/mol. The van der Waals surface area contributed by atoms with Crippen LogP contribution in [0.1, 0.15) is 19.3 Å². The molecule has 1 rings (SSSR count). The van der Waals surface area contributed by atoms with E-state index in [2.05, 4.69) is 11.2 Å². The van der Waals surface area contributed by atoms with Gasteiger partial charge in [0.15, 0.2) is 0 Å². The third-order valence-corrected chi connectivity index (χ3v) is 2.05. The van der Waals surface area contributed by atoms with Gasteiger partial charge in [-0.25, -0.2) is 0 Å². The van der Waals surface area contributed by atoms with Crippen LogP contribution in [0.2, 0.25) is 0 Å². The van der Waals surface area contributed by atoms with E-state index in [-0.39, 0.29) is 18.4 Å². The molecule has 1 atom stereocenters. The van der Waals surface area contributed by atoms with E-state index in [1.807, 2.05) is 0 Å². The molecule has 12 heavy (non-hydrogen) atoms. The molecule has 1 amide bonds. The molecule has 0 aromatic rings. The van der Waals surface area contributed by atoms with Crippen LogP contribution in [-0.4, -0.2) is 18.5 Å². The SMILES string of the molecule is C#CCC(=O)NC(CN)C1CC1. The highest BCUT2D eigenvalue weighted by Gasteiger charge is 2.30. The first kappa shape index (κ1) is 9.08. The highest BCUT2D eigenvalue weighted by Crippen LogP contribution is 2.32. The summed E-state index contributed by atoms with van der Waals surface area (Å²) in [6.45, 7) is 0.515. The standard InChI is InChI=1S/C9H14N2O/c1-2-3-9(12)11-8(6-10)7-4-5-7/h1,7-8H,3-6,10H2,(H,11,12). The number of hydrogen-bond acceptors (Lipinski definition) is 2. The number of hydrogen-bond donors (Lipinski definition) is 2. The molecule has 0 heterocycles. The van der Waals surface area contributed by atoms with Crippen molar-refractivity contribution in [3.63, 3.8) is 0 Å². The highest BCUT2D eigenvalue weighted by molar-refractivity contribution is 5.78. The van der Waals surface area contributed by atoms with E-state index >= 15 is 0 Å². The molecule has 3 heteroatoms. The zero-order valence-electron chi connectivity index (χ0n) is 7.05. The molecule has 66 valence electrons. The fourth-order valence-electron chi connectivity index (χ4n) is 1.22. The number of carbonyl (C=O) groups excluding carboxylic acids is 1.